The molecule has 4 aliphatic rings. The van der Waals surface area contributed by atoms with Gasteiger partial charge >= 0.3 is 0 Å². The van der Waals surface area contributed by atoms with Gasteiger partial charge in [-0.15, -0.1) is 0 Å². The predicted molar refractivity (Wildman–Crippen MR) is 247 cm³/mol. The van der Waals surface area contributed by atoms with E-state index in [-0.39, 0.29) is 30.4 Å². The number of hydrogen-bond acceptors (Lipinski definition) is 10. The summed E-state index contributed by atoms with van der Waals surface area (Å²) in [6, 6.07) is 30.3. The van der Waals surface area contributed by atoms with Crippen LogP contribution in [0, 0.1) is 29.6 Å². The van der Waals surface area contributed by atoms with Crippen molar-refractivity contribution in [3.05, 3.63) is 143 Å². The summed E-state index contributed by atoms with van der Waals surface area (Å²) in [6.07, 6.45) is 10.0. The number of imide groups is 2. The average Bonchev–Trinajstić information content (AvgIpc) is 3.75. The summed E-state index contributed by atoms with van der Waals surface area (Å²) in [5.74, 6) is -3.03. The van der Waals surface area contributed by atoms with Crippen LogP contribution in [0.5, 0.6) is 34.5 Å². The second kappa shape index (κ2) is 17.5. The normalized spacial score (nSPS) is 22.5. The zero-order valence-corrected chi connectivity index (χ0v) is 36.6. The number of rotatable bonds is 12. The lowest BCUT2D eigenvalue weighted by atomic mass is 9.57. The molecule has 0 spiro atoms. The molecule has 0 aromatic heterocycles. The molecule has 2 aliphatic carbocycles. The molecule has 1 N–H and O–H groups in total. The molecule has 6 unspecified atom stereocenters. The maximum Gasteiger partial charge on any atom is 0.238 e. The third-order valence-electron chi connectivity index (χ3n) is 13.3. The number of allylic oxidation sites excluding steroid dienone is 2. The number of nitrogens with zero attached hydrogens (tertiary/aromatic N) is 2. The molecular weight excluding hydrogens is 825 g/mol. The van der Waals surface area contributed by atoms with Crippen LogP contribution in [0.4, 0.5) is 11.4 Å². The Morgan fingerprint density at radius 2 is 1.03 bits per heavy atom. The molecule has 4 amide bonds. The first-order valence-corrected chi connectivity index (χ1v) is 21.4. The number of benzene rings is 5. The van der Waals surface area contributed by atoms with Gasteiger partial charge in [-0.25, -0.2) is 0 Å². The van der Waals surface area contributed by atoms with Gasteiger partial charge in [-0.1, -0.05) is 66.3 Å². The van der Waals surface area contributed by atoms with E-state index in [9.17, 15) is 24.3 Å². The third-order valence-corrected chi connectivity index (χ3v) is 13.3. The van der Waals surface area contributed by atoms with E-state index in [1.807, 2.05) is 91.0 Å². The minimum absolute atomic E-state index is 0.0892. The van der Waals surface area contributed by atoms with Crippen LogP contribution in [0.1, 0.15) is 46.6 Å². The topological polar surface area (TPSA) is 141 Å². The Bertz CT molecular complexity index is 2790. The van der Waals surface area contributed by atoms with Gasteiger partial charge in [-0.05, 0) is 103 Å². The average molecular weight is 873 g/mol. The van der Waals surface area contributed by atoms with Crippen molar-refractivity contribution in [1.82, 2.24) is 0 Å². The number of carbonyl (C=O) groups excluding carboxylic acids is 4. The van der Waals surface area contributed by atoms with Gasteiger partial charge in [0.15, 0.2) is 0 Å². The first-order chi connectivity index (χ1) is 31.6. The predicted octanol–water partition coefficient (Wildman–Crippen LogP) is 8.82. The van der Waals surface area contributed by atoms with Crippen molar-refractivity contribution in [3.63, 3.8) is 0 Å². The van der Waals surface area contributed by atoms with Crippen molar-refractivity contribution < 1.29 is 48.0 Å². The molecule has 12 nitrogen and oxygen atoms in total. The van der Waals surface area contributed by atoms with E-state index >= 15 is 0 Å². The van der Waals surface area contributed by atoms with E-state index in [1.54, 1.807) is 64.8 Å². The third kappa shape index (κ3) is 7.48. The Labute approximate surface area is 376 Å². The summed E-state index contributed by atoms with van der Waals surface area (Å²) in [5, 5.41) is 11.5. The quantitative estimate of drug-likeness (QED) is 0.0735. The maximum atomic E-state index is 14.8. The second-order valence-corrected chi connectivity index (χ2v) is 16.5. The van der Waals surface area contributed by atoms with Gasteiger partial charge in [0.25, 0.3) is 0 Å². The number of aromatic hydroxyl groups is 1. The lowest BCUT2D eigenvalue weighted by Gasteiger charge is -2.44. The highest BCUT2D eigenvalue weighted by Gasteiger charge is 2.63. The molecule has 65 heavy (non-hydrogen) atoms. The van der Waals surface area contributed by atoms with E-state index in [4.69, 9.17) is 23.7 Å². The highest BCUT2D eigenvalue weighted by atomic mass is 16.5. The lowest BCUT2D eigenvalue weighted by Crippen LogP contribution is -2.43. The van der Waals surface area contributed by atoms with Gasteiger partial charge in [-0.2, -0.15) is 0 Å². The highest BCUT2D eigenvalue weighted by Crippen LogP contribution is 2.60. The highest BCUT2D eigenvalue weighted by molar-refractivity contribution is 6.24. The molecule has 2 heterocycles. The number of anilines is 2. The maximum absolute atomic E-state index is 14.8. The Balaban J connectivity index is 1.02. The van der Waals surface area contributed by atoms with E-state index in [2.05, 4.69) is 0 Å². The number of amides is 4. The number of phenolic OH excluding ortho intramolecular Hbond substituents is 1. The summed E-state index contributed by atoms with van der Waals surface area (Å²) in [6.45, 7) is 0. The number of phenols is 1. The van der Waals surface area contributed by atoms with Gasteiger partial charge in [0, 0.05) is 22.6 Å². The van der Waals surface area contributed by atoms with Crippen molar-refractivity contribution in [2.75, 3.05) is 45.3 Å². The Hall–Kier alpha value is -7.60. The van der Waals surface area contributed by atoms with Crippen LogP contribution in [0.3, 0.4) is 0 Å². The Morgan fingerprint density at radius 3 is 1.54 bits per heavy atom. The molecule has 5 aromatic carbocycles. The van der Waals surface area contributed by atoms with E-state index in [0.29, 0.717) is 45.7 Å². The van der Waals surface area contributed by atoms with E-state index in [1.165, 1.54) is 23.0 Å². The standard InChI is InChI=1S/C53H48N2O10/c1-61-36-21-25-43(63-3)32(27-36)15-9-30-11-17-34(18-12-30)54-50(57)39-24-23-38-40(46(39)52(54)59)29-41-48(47(38)49-42(56)7-6-8-45(49)65-5)53(60)55(51(41)58)35-19-13-31(14-20-35)10-16-33-28-37(62-2)22-26-44(33)64-4/h6-23,25-28,39-41,46-48,56H,24,29H2,1-5H3. The Morgan fingerprint density at radius 1 is 0.523 bits per heavy atom. The molecule has 3 fully saturated rings. The van der Waals surface area contributed by atoms with Crippen molar-refractivity contribution in [1.29, 1.82) is 0 Å². The monoisotopic (exact) mass is 872 g/mol. The van der Waals surface area contributed by atoms with Gasteiger partial charge in [0.2, 0.25) is 23.6 Å². The molecule has 2 aliphatic heterocycles. The van der Waals surface area contributed by atoms with Gasteiger partial charge in [0.1, 0.15) is 34.5 Å². The number of methoxy groups -OCH3 is 5. The van der Waals surface area contributed by atoms with Crippen molar-refractivity contribution >= 4 is 59.3 Å². The van der Waals surface area contributed by atoms with E-state index < -0.39 is 47.3 Å². The summed E-state index contributed by atoms with van der Waals surface area (Å²) in [5.41, 5.74) is 5.27. The molecule has 330 valence electrons. The zero-order valence-electron chi connectivity index (χ0n) is 36.6. The van der Waals surface area contributed by atoms with Gasteiger partial charge in [-0.3, -0.25) is 29.0 Å². The smallest absolute Gasteiger partial charge is 0.238 e. The first-order valence-electron chi connectivity index (χ1n) is 21.4. The molecule has 0 bridgehead atoms. The van der Waals surface area contributed by atoms with Gasteiger partial charge in [0.05, 0.1) is 70.6 Å². The summed E-state index contributed by atoms with van der Waals surface area (Å²) in [7, 11) is 7.89. The van der Waals surface area contributed by atoms with Crippen LogP contribution >= 0.6 is 0 Å². The van der Waals surface area contributed by atoms with Crippen LogP contribution < -0.4 is 33.5 Å². The second-order valence-electron chi connectivity index (χ2n) is 16.5. The number of carbonyl (C=O) groups is 4. The van der Waals surface area contributed by atoms with E-state index in [0.717, 1.165) is 27.8 Å². The fourth-order valence-electron chi connectivity index (χ4n) is 10.2. The van der Waals surface area contributed by atoms with Crippen molar-refractivity contribution in [2.45, 2.75) is 18.8 Å². The first kappa shape index (κ1) is 42.7. The molecule has 0 radical (unpaired) electrons. The van der Waals surface area contributed by atoms with Gasteiger partial charge < -0.3 is 28.8 Å². The molecule has 2 saturated heterocycles. The summed E-state index contributed by atoms with van der Waals surface area (Å²) in [4.78, 5) is 61.0. The SMILES string of the molecule is COc1ccc(OC)c(C=Cc2ccc(N3C(=O)C4CC=C5C(CC6C(=O)N(c7ccc(C=Cc8cc(OC)ccc8OC)cc7)C(=O)C6C5c5c(O)cccc5OC)C4C3=O)cc2)c1. The largest absolute Gasteiger partial charge is 0.508 e. The molecule has 6 atom stereocenters. The molecule has 5 aromatic rings. The summed E-state index contributed by atoms with van der Waals surface area (Å²) < 4.78 is 27.6. The van der Waals surface area contributed by atoms with Crippen LogP contribution in [0.15, 0.2) is 115 Å². The molecule has 1 saturated carbocycles. The molecule has 9 rings (SSSR count). The fraction of sp³-hybridized carbons (Fsp3) is 0.245. The lowest BCUT2D eigenvalue weighted by molar-refractivity contribution is -0.126. The minimum atomic E-state index is -0.898. The number of hydrogen-bond donors (Lipinski definition) is 1. The molecule has 12 heteroatoms. The molecular formula is C53H48N2O10. The van der Waals surface area contributed by atoms with Crippen molar-refractivity contribution in [3.8, 4) is 34.5 Å². The number of fused-ring (bicyclic) bond motifs is 4. The van der Waals surface area contributed by atoms with Crippen LogP contribution in [-0.2, 0) is 19.2 Å². The minimum Gasteiger partial charge on any atom is -0.508 e. The summed E-state index contributed by atoms with van der Waals surface area (Å²) >= 11 is 0. The Kier molecular flexibility index (Phi) is 11.5. The van der Waals surface area contributed by atoms with Crippen LogP contribution in [0.25, 0.3) is 24.3 Å². The van der Waals surface area contributed by atoms with Crippen molar-refractivity contribution in [2.24, 2.45) is 29.6 Å². The zero-order chi connectivity index (χ0) is 45.5. The number of ether oxygens (including phenoxy) is 5. The fourth-order valence-corrected chi connectivity index (χ4v) is 10.2. The van der Waals surface area contributed by atoms with Crippen LogP contribution in [0.2, 0.25) is 0 Å². The van der Waals surface area contributed by atoms with Crippen LogP contribution in [-0.4, -0.2) is 64.3 Å².